The van der Waals surface area contributed by atoms with Gasteiger partial charge in [0.1, 0.15) is 12.7 Å². The molecule has 0 radical (unpaired) electrons. The third kappa shape index (κ3) is 6.16. The number of esters is 2. The van der Waals surface area contributed by atoms with Gasteiger partial charge in [-0.1, -0.05) is 13.2 Å². The Labute approximate surface area is 118 Å². The van der Waals surface area contributed by atoms with Gasteiger partial charge in [-0.15, -0.1) is 0 Å². The SMILES string of the molecule is C=C(C)C(=O)OC[C@@H](OC(=O)C(=C)C)[C@@H](S)CS. The Morgan fingerprint density at radius 3 is 2.06 bits per heavy atom. The normalized spacial score (nSPS) is 13.3. The van der Waals surface area contributed by atoms with E-state index in [-0.39, 0.29) is 23.0 Å². The van der Waals surface area contributed by atoms with Gasteiger partial charge >= 0.3 is 11.9 Å². The molecular formula is C12H18O4S2. The van der Waals surface area contributed by atoms with Gasteiger partial charge in [0, 0.05) is 16.9 Å². The molecule has 0 aliphatic carbocycles. The summed E-state index contributed by atoms with van der Waals surface area (Å²) >= 11 is 8.29. The molecule has 0 unspecified atom stereocenters. The van der Waals surface area contributed by atoms with Crippen LogP contribution in [0.1, 0.15) is 13.8 Å². The Bertz CT molecular complexity index is 352. The summed E-state index contributed by atoms with van der Waals surface area (Å²) < 4.78 is 10.1. The summed E-state index contributed by atoms with van der Waals surface area (Å²) in [4.78, 5) is 22.7. The van der Waals surface area contributed by atoms with E-state index in [1.54, 1.807) is 0 Å². The summed E-state index contributed by atoms with van der Waals surface area (Å²) in [6.45, 7) is 9.92. The largest absolute Gasteiger partial charge is 0.458 e. The number of thiol groups is 2. The molecule has 0 aliphatic rings. The van der Waals surface area contributed by atoms with Gasteiger partial charge in [-0.25, -0.2) is 9.59 Å². The maximum Gasteiger partial charge on any atom is 0.333 e. The zero-order chi connectivity index (χ0) is 14.3. The number of carbonyl (C=O) groups excluding carboxylic acids is 2. The molecule has 4 nitrogen and oxygen atoms in total. The van der Waals surface area contributed by atoms with Crippen molar-refractivity contribution < 1.29 is 19.1 Å². The van der Waals surface area contributed by atoms with Crippen LogP contribution in [-0.4, -0.2) is 35.7 Å². The molecule has 0 bridgehead atoms. The van der Waals surface area contributed by atoms with E-state index >= 15 is 0 Å². The fraction of sp³-hybridized carbons (Fsp3) is 0.500. The van der Waals surface area contributed by atoms with E-state index in [4.69, 9.17) is 9.47 Å². The fourth-order valence-electron chi connectivity index (χ4n) is 0.860. The van der Waals surface area contributed by atoms with Gasteiger partial charge in [0.2, 0.25) is 0 Å². The van der Waals surface area contributed by atoms with Crippen LogP contribution in [0.4, 0.5) is 0 Å². The van der Waals surface area contributed by atoms with E-state index in [1.807, 2.05) is 0 Å². The van der Waals surface area contributed by atoms with Crippen LogP contribution in [0.2, 0.25) is 0 Å². The van der Waals surface area contributed by atoms with Crippen molar-refractivity contribution >= 4 is 37.2 Å². The Morgan fingerprint density at radius 2 is 1.67 bits per heavy atom. The molecule has 0 spiro atoms. The summed E-state index contributed by atoms with van der Waals surface area (Å²) in [7, 11) is 0. The van der Waals surface area contributed by atoms with Crippen LogP contribution in [0.15, 0.2) is 24.3 Å². The second kappa shape index (κ2) is 8.26. The van der Waals surface area contributed by atoms with Crippen molar-refractivity contribution in [2.75, 3.05) is 12.4 Å². The van der Waals surface area contributed by atoms with E-state index in [0.29, 0.717) is 5.75 Å². The molecule has 0 aliphatic heterocycles. The predicted octanol–water partition coefficient (Wildman–Crippen LogP) is 1.82. The monoisotopic (exact) mass is 290 g/mol. The van der Waals surface area contributed by atoms with Crippen molar-refractivity contribution in [3.05, 3.63) is 24.3 Å². The van der Waals surface area contributed by atoms with Gasteiger partial charge < -0.3 is 9.47 Å². The summed E-state index contributed by atoms with van der Waals surface area (Å²) in [5.41, 5.74) is 0.549. The molecular weight excluding hydrogens is 272 g/mol. The molecule has 0 amide bonds. The smallest absolute Gasteiger partial charge is 0.333 e. The molecule has 102 valence electrons. The topological polar surface area (TPSA) is 52.6 Å². The molecule has 0 fully saturated rings. The molecule has 0 saturated heterocycles. The molecule has 0 N–H and O–H groups in total. The van der Waals surface area contributed by atoms with Crippen molar-refractivity contribution in [1.29, 1.82) is 0 Å². The maximum absolute atomic E-state index is 11.4. The summed E-state index contributed by atoms with van der Waals surface area (Å²) in [6, 6.07) is 0. The van der Waals surface area contributed by atoms with Gasteiger partial charge in [-0.2, -0.15) is 25.3 Å². The lowest BCUT2D eigenvalue weighted by atomic mass is 10.2. The molecule has 2 atom stereocenters. The molecule has 0 saturated carbocycles. The number of ether oxygens (including phenoxy) is 2. The van der Waals surface area contributed by atoms with Gasteiger partial charge in [0.05, 0.1) is 5.25 Å². The van der Waals surface area contributed by atoms with Crippen molar-refractivity contribution in [2.45, 2.75) is 25.2 Å². The van der Waals surface area contributed by atoms with E-state index in [9.17, 15) is 9.59 Å². The third-order valence-corrected chi connectivity index (χ3v) is 3.15. The van der Waals surface area contributed by atoms with E-state index in [0.717, 1.165) is 0 Å². The molecule has 6 heteroatoms. The van der Waals surface area contributed by atoms with Crippen molar-refractivity contribution in [1.82, 2.24) is 0 Å². The Kier molecular flexibility index (Phi) is 7.86. The lowest BCUT2D eigenvalue weighted by Crippen LogP contribution is -2.34. The second-order valence-corrected chi connectivity index (χ2v) is 4.88. The first-order valence-electron chi connectivity index (χ1n) is 5.27. The zero-order valence-corrected chi connectivity index (χ0v) is 12.3. The van der Waals surface area contributed by atoms with Crippen LogP contribution in [-0.2, 0) is 19.1 Å². The highest BCUT2D eigenvalue weighted by molar-refractivity contribution is 7.84. The summed E-state index contributed by atoms with van der Waals surface area (Å²) in [6.07, 6.45) is -0.668. The molecule has 0 aromatic rings. The van der Waals surface area contributed by atoms with Gasteiger partial charge in [0.25, 0.3) is 0 Å². The third-order valence-electron chi connectivity index (χ3n) is 1.95. The number of hydrogen-bond donors (Lipinski definition) is 2. The average molecular weight is 290 g/mol. The molecule has 0 heterocycles. The standard InChI is InChI=1S/C12H18O4S2/c1-7(2)11(13)15-5-9(10(18)6-17)16-12(14)8(3)4/h9-10,17-18H,1,3,5-6H2,2,4H3/t9-,10+/m1/s1. The van der Waals surface area contributed by atoms with E-state index in [1.165, 1.54) is 13.8 Å². The minimum atomic E-state index is -0.668. The molecule has 0 aromatic carbocycles. The Hall–Kier alpha value is -0.880. The minimum absolute atomic E-state index is 0.0839. The first-order valence-corrected chi connectivity index (χ1v) is 6.42. The van der Waals surface area contributed by atoms with Crippen LogP contribution in [0.25, 0.3) is 0 Å². The van der Waals surface area contributed by atoms with Crippen LogP contribution in [0.3, 0.4) is 0 Å². The van der Waals surface area contributed by atoms with Crippen LogP contribution in [0, 0.1) is 0 Å². The van der Waals surface area contributed by atoms with Crippen LogP contribution < -0.4 is 0 Å². The lowest BCUT2D eigenvalue weighted by molar-refractivity contribution is -0.153. The second-order valence-electron chi connectivity index (χ2n) is 3.85. The number of rotatable bonds is 7. The first-order chi connectivity index (χ1) is 8.29. The predicted molar refractivity (Wildman–Crippen MR) is 77.1 cm³/mol. The zero-order valence-electron chi connectivity index (χ0n) is 10.5. The van der Waals surface area contributed by atoms with Crippen LogP contribution in [0.5, 0.6) is 0 Å². The van der Waals surface area contributed by atoms with Crippen molar-refractivity contribution in [3.63, 3.8) is 0 Å². The van der Waals surface area contributed by atoms with Crippen LogP contribution >= 0.6 is 25.3 Å². The maximum atomic E-state index is 11.4. The van der Waals surface area contributed by atoms with E-state index < -0.39 is 18.0 Å². The number of hydrogen-bond acceptors (Lipinski definition) is 6. The van der Waals surface area contributed by atoms with Gasteiger partial charge in [-0.05, 0) is 13.8 Å². The average Bonchev–Trinajstić information content (AvgIpc) is 2.32. The number of carbonyl (C=O) groups is 2. The summed E-state index contributed by atoms with van der Waals surface area (Å²) in [5, 5.41) is -0.338. The Balaban J connectivity index is 4.50. The van der Waals surface area contributed by atoms with Crippen molar-refractivity contribution in [3.8, 4) is 0 Å². The lowest BCUT2D eigenvalue weighted by Gasteiger charge is -2.22. The van der Waals surface area contributed by atoms with E-state index in [2.05, 4.69) is 38.4 Å². The van der Waals surface area contributed by atoms with Gasteiger partial charge in [0.15, 0.2) is 0 Å². The first kappa shape index (κ1) is 17.1. The molecule has 18 heavy (non-hydrogen) atoms. The van der Waals surface area contributed by atoms with Gasteiger partial charge in [-0.3, -0.25) is 0 Å². The quantitative estimate of drug-likeness (QED) is 0.427. The molecule has 0 aromatic heterocycles. The fourth-order valence-corrected chi connectivity index (χ4v) is 1.24. The van der Waals surface area contributed by atoms with Crippen molar-refractivity contribution in [2.24, 2.45) is 0 Å². The highest BCUT2D eigenvalue weighted by Gasteiger charge is 2.23. The highest BCUT2D eigenvalue weighted by Crippen LogP contribution is 2.12. The molecule has 0 rings (SSSR count). The minimum Gasteiger partial charge on any atom is -0.458 e. The highest BCUT2D eigenvalue weighted by atomic mass is 32.1. The Morgan fingerprint density at radius 1 is 1.17 bits per heavy atom. The summed E-state index contributed by atoms with van der Waals surface area (Å²) in [5.74, 6) is -0.708.